The summed E-state index contributed by atoms with van der Waals surface area (Å²) in [5.41, 5.74) is 0. The standard InChI is InChI=1S/C3H3N3.C3H6O2/c1-4-2-6-3-5-1;1-2-3(4)5/h1-3H;2H2,1H3,(H,4,5). The van der Waals surface area contributed by atoms with Crippen LogP contribution in [0.2, 0.25) is 0 Å². The van der Waals surface area contributed by atoms with Gasteiger partial charge in [-0.15, -0.1) is 0 Å². The molecule has 1 rings (SSSR count). The summed E-state index contributed by atoms with van der Waals surface area (Å²) in [7, 11) is 0. The summed E-state index contributed by atoms with van der Waals surface area (Å²) in [5.74, 6) is -0.745. The van der Waals surface area contributed by atoms with Crippen LogP contribution in [-0.2, 0) is 4.79 Å². The lowest BCUT2D eigenvalue weighted by molar-refractivity contribution is -0.136. The van der Waals surface area contributed by atoms with Crippen LogP contribution < -0.4 is 0 Å². The van der Waals surface area contributed by atoms with Crippen LogP contribution in [0.4, 0.5) is 0 Å². The van der Waals surface area contributed by atoms with E-state index in [1.165, 1.54) is 19.0 Å². The molecule has 0 amide bonds. The smallest absolute Gasteiger partial charge is 0.303 e. The molecule has 0 fully saturated rings. The van der Waals surface area contributed by atoms with Crippen LogP contribution in [0.15, 0.2) is 19.0 Å². The Balaban J connectivity index is 0.000000187. The van der Waals surface area contributed by atoms with E-state index in [0.717, 1.165) is 0 Å². The number of hydrogen-bond donors (Lipinski definition) is 1. The first-order valence-electron chi connectivity index (χ1n) is 3.04. The molecule has 0 aliphatic rings. The minimum absolute atomic E-state index is 0.222. The summed E-state index contributed by atoms with van der Waals surface area (Å²) in [6.07, 6.45) is 4.53. The summed E-state index contributed by atoms with van der Waals surface area (Å²) in [4.78, 5) is 20.1. The lowest BCUT2D eigenvalue weighted by Crippen LogP contribution is -1.86. The highest BCUT2D eigenvalue weighted by molar-refractivity contribution is 5.66. The van der Waals surface area contributed by atoms with Crippen molar-refractivity contribution in [3.05, 3.63) is 19.0 Å². The quantitative estimate of drug-likeness (QED) is 0.633. The van der Waals surface area contributed by atoms with E-state index in [2.05, 4.69) is 15.0 Å². The fourth-order valence-electron chi connectivity index (χ4n) is 0.205. The molecular formula is C6H9N3O2. The van der Waals surface area contributed by atoms with Gasteiger partial charge in [-0.2, -0.15) is 0 Å². The van der Waals surface area contributed by atoms with Crippen molar-refractivity contribution in [2.75, 3.05) is 0 Å². The number of nitrogens with zero attached hydrogens (tertiary/aromatic N) is 3. The second kappa shape index (κ2) is 6.60. The van der Waals surface area contributed by atoms with Crippen LogP contribution in [0, 0.1) is 0 Å². The molecule has 0 spiro atoms. The average molecular weight is 155 g/mol. The summed E-state index contributed by atoms with van der Waals surface area (Å²) in [6, 6.07) is 0. The second-order valence-corrected chi connectivity index (χ2v) is 1.54. The maximum atomic E-state index is 9.37. The Bertz CT molecular complexity index is 164. The third-order valence-corrected chi connectivity index (χ3v) is 0.702. The summed E-state index contributed by atoms with van der Waals surface area (Å²) in [6.45, 7) is 1.60. The summed E-state index contributed by atoms with van der Waals surface area (Å²) in [5, 5.41) is 7.72. The van der Waals surface area contributed by atoms with Gasteiger partial charge in [0.1, 0.15) is 19.0 Å². The van der Waals surface area contributed by atoms with E-state index in [4.69, 9.17) is 5.11 Å². The number of aliphatic carboxylic acids is 1. The van der Waals surface area contributed by atoms with Crippen LogP contribution in [-0.4, -0.2) is 26.0 Å². The van der Waals surface area contributed by atoms with Gasteiger partial charge >= 0.3 is 5.97 Å². The molecule has 0 unspecified atom stereocenters. The molecule has 11 heavy (non-hydrogen) atoms. The molecule has 1 aromatic heterocycles. The molecule has 0 saturated carbocycles. The predicted molar refractivity (Wildman–Crippen MR) is 37.8 cm³/mol. The second-order valence-electron chi connectivity index (χ2n) is 1.54. The number of carbonyl (C=O) groups is 1. The Morgan fingerprint density at radius 3 is 1.64 bits per heavy atom. The van der Waals surface area contributed by atoms with Gasteiger partial charge in [-0.3, -0.25) is 4.79 Å². The fraction of sp³-hybridized carbons (Fsp3) is 0.333. The van der Waals surface area contributed by atoms with Gasteiger partial charge in [0.2, 0.25) is 0 Å². The normalized spacial score (nSPS) is 7.73. The van der Waals surface area contributed by atoms with Crippen molar-refractivity contribution in [2.45, 2.75) is 13.3 Å². The molecule has 1 heterocycles. The Labute approximate surface area is 64.1 Å². The number of carboxylic acids is 1. The molecule has 5 nitrogen and oxygen atoms in total. The fourth-order valence-corrected chi connectivity index (χ4v) is 0.205. The minimum atomic E-state index is -0.745. The van der Waals surface area contributed by atoms with Gasteiger partial charge < -0.3 is 5.11 Å². The average Bonchev–Trinajstić information content (AvgIpc) is 2.09. The first kappa shape index (κ1) is 9.48. The van der Waals surface area contributed by atoms with Gasteiger partial charge in [0.25, 0.3) is 0 Å². The van der Waals surface area contributed by atoms with Crippen LogP contribution in [0.25, 0.3) is 0 Å². The SMILES string of the molecule is CCC(=O)O.c1ncncn1. The van der Waals surface area contributed by atoms with Crippen molar-refractivity contribution in [2.24, 2.45) is 0 Å². The molecule has 1 N–H and O–H groups in total. The van der Waals surface area contributed by atoms with Crippen LogP contribution in [0.3, 0.4) is 0 Å². The topological polar surface area (TPSA) is 76.0 Å². The van der Waals surface area contributed by atoms with E-state index in [1.54, 1.807) is 6.92 Å². The Hall–Kier alpha value is -1.52. The van der Waals surface area contributed by atoms with E-state index in [0.29, 0.717) is 0 Å². The number of aromatic nitrogens is 3. The van der Waals surface area contributed by atoms with Crippen LogP contribution in [0.1, 0.15) is 13.3 Å². The first-order valence-corrected chi connectivity index (χ1v) is 3.04. The molecule has 0 atom stereocenters. The Morgan fingerprint density at radius 2 is 1.55 bits per heavy atom. The monoisotopic (exact) mass is 155 g/mol. The molecule has 0 saturated heterocycles. The molecule has 0 aromatic carbocycles. The van der Waals surface area contributed by atoms with Gasteiger partial charge in [0.15, 0.2) is 0 Å². The highest BCUT2D eigenvalue weighted by atomic mass is 16.4. The van der Waals surface area contributed by atoms with Gasteiger partial charge in [-0.25, -0.2) is 15.0 Å². The molecule has 1 aromatic rings. The van der Waals surface area contributed by atoms with E-state index < -0.39 is 5.97 Å². The third kappa shape index (κ3) is 8.48. The minimum Gasteiger partial charge on any atom is -0.481 e. The van der Waals surface area contributed by atoms with Crippen molar-refractivity contribution >= 4 is 5.97 Å². The molecule has 0 bridgehead atoms. The summed E-state index contributed by atoms with van der Waals surface area (Å²) < 4.78 is 0. The third-order valence-electron chi connectivity index (χ3n) is 0.702. The van der Waals surface area contributed by atoms with E-state index in [-0.39, 0.29) is 6.42 Å². The highest BCUT2D eigenvalue weighted by Crippen LogP contribution is 1.67. The number of rotatable bonds is 1. The van der Waals surface area contributed by atoms with Crippen molar-refractivity contribution < 1.29 is 9.90 Å². The molecule has 0 aliphatic heterocycles. The van der Waals surface area contributed by atoms with E-state index in [9.17, 15) is 4.79 Å². The van der Waals surface area contributed by atoms with Crippen molar-refractivity contribution in [1.29, 1.82) is 0 Å². The molecule has 5 heteroatoms. The van der Waals surface area contributed by atoms with Gasteiger partial charge in [0, 0.05) is 6.42 Å². The lowest BCUT2D eigenvalue weighted by atomic mass is 10.5. The molecule has 0 radical (unpaired) electrons. The van der Waals surface area contributed by atoms with Gasteiger partial charge in [-0.1, -0.05) is 6.92 Å². The van der Waals surface area contributed by atoms with Crippen molar-refractivity contribution in [3.8, 4) is 0 Å². The van der Waals surface area contributed by atoms with Crippen molar-refractivity contribution in [3.63, 3.8) is 0 Å². The van der Waals surface area contributed by atoms with Crippen LogP contribution >= 0.6 is 0 Å². The van der Waals surface area contributed by atoms with Gasteiger partial charge in [0.05, 0.1) is 0 Å². The zero-order valence-corrected chi connectivity index (χ0v) is 6.14. The van der Waals surface area contributed by atoms with Crippen molar-refractivity contribution in [1.82, 2.24) is 15.0 Å². The highest BCUT2D eigenvalue weighted by Gasteiger charge is 1.80. The maximum absolute atomic E-state index is 9.37. The van der Waals surface area contributed by atoms with E-state index in [1.807, 2.05) is 0 Å². The predicted octanol–water partition coefficient (Wildman–Crippen LogP) is 0.353. The van der Waals surface area contributed by atoms with E-state index >= 15 is 0 Å². The Kier molecular flexibility index (Phi) is 5.69. The zero-order valence-electron chi connectivity index (χ0n) is 6.14. The molecular weight excluding hydrogens is 146 g/mol. The summed E-state index contributed by atoms with van der Waals surface area (Å²) >= 11 is 0. The molecule has 0 aliphatic carbocycles. The van der Waals surface area contributed by atoms with Crippen LogP contribution in [0.5, 0.6) is 0 Å². The Morgan fingerprint density at radius 1 is 1.27 bits per heavy atom. The maximum Gasteiger partial charge on any atom is 0.303 e. The number of hydrogen-bond acceptors (Lipinski definition) is 4. The molecule has 60 valence electrons. The lowest BCUT2D eigenvalue weighted by Gasteiger charge is -1.71. The number of carboxylic acid groups (broad SMARTS) is 1. The first-order chi connectivity index (χ1) is 5.27. The zero-order chi connectivity index (χ0) is 8.53. The largest absolute Gasteiger partial charge is 0.481 e. The van der Waals surface area contributed by atoms with Gasteiger partial charge in [-0.05, 0) is 0 Å².